The third kappa shape index (κ3) is 5.42. The summed E-state index contributed by atoms with van der Waals surface area (Å²) in [7, 11) is 2.29. The van der Waals surface area contributed by atoms with Crippen molar-refractivity contribution in [3.05, 3.63) is 60.7 Å². The molecule has 0 spiro atoms. The van der Waals surface area contributed by atoms with E-state index < -0.39 is 11.9 Å². The van der Waals surface area contributed by atoms with E-state index in [1.54, 1.807) is 0 Å². The van der Waals surface area contributed by atoms with Gasteiger partial charge in [0.05, 0.1) is 11.4 Å². The standard InChI is InChI=1S/C22H28N2S.C4H4O4/c1-21(2)14-16(22(3,4)23(21)5)15-24-17-10-6-8-12-19(17)25-20-13-9-7-11-18(20)24;5-3(6)1-2-4(7)8/h6-13,16H,14-15H2,1-5H3;1-2H,(H,5,6)(H,7,8)/b;2-1+. The number of anilines is 2. The van der Waals surface area contributed by atoms with E-state index in [0.717, 1.165) is 6.54 Å². The molecule has 7 heteroatoms. The molecule has 2 N–H and O–H groups in total. The molecule has 2 aliphatic heterocycles. The van der Waals surface area contributed by atoms with Gasteiger partial charge in [-0.25, -0.2) is 9.59 Å². The fraction of sp³-hybridized carbons (Fsp3) is 0.385. The lowest BCUT2D eigenvalue weighted by atomic mass is 9.86. The largest absolute Gasteiger partial charge is 0.478 e. The van der Waals surface area contributed by atoms with Gasteiger partial charge >= 0.3 is 11.9 Å². The van der Waals surface area contributed by atoms with Crippen LogP contribution in [0.15, 0.2) is 70.5 Å². The van der Waals surface area contributed by atoms with E-state index in [1.807, 2.05) is 11.8 Å². The van der Waals surface area contributed by atoms with Gasteiger partial charge in [0.15, 0.2) is 0 Å². The van der Waals surface area contributed by atoms with Gasteiger partial charge < -0.3 is 15.1 Å². The molecule has 0 aliphatic carbocycles. The Morgan fingerprint density at radius 2 is 1.39 bits per heavy atom. The number of rotatable bonds is 4. The van der Waals surface area contributed by atoms with Crippen LogP contribution in [0.25, 0.3) is 0 Å². The Hall–Kier alpha value is -2.77. The second-order valence-electron chi connectivity index (χ2n) is 9.58. The van der Waals surface area contributed by atoms with Gasteiger partial charge in [-0.05, 0) is 71.3 Å². The topological polar surface area (TPSA) is 81.1 Å². The van der Waals surface area contributed by atoms with Crippen molar-refractivity contribution in [2.75, 3.05) is 18.5 Å². The number of carbonyl (C=O) groups is 2. The molecule has 4 rings (SSSR count). The summed E-state index contributed by atoms with van der Waals surface area (Å²) in [5.41, 5.74) is 3.15. The molecule has 1 unspecified atom stereocenters. The van der Waals surface area contributed by atoms with Crippen molar-refractivity contribution < 1.29 is 19.8 Å². The first-order valence-electron chi connectivity index (χ1n) is 10.9. The summed E-state index contributed by atoms with van der Waals surface area (Å²) in [6.45, 7) is 10.6. The molecule has 2 aromatic carbocycles. The SMILES string of the molecule is CN1C(C)(C)CC(CN2c3ccccc3Sc3ccccc32)C1(C)C.O=C(O)/C=C/C(=O)O. The zero-order valence-electron chi connectivity index (χ0n) is 19.8. The Labute approximate surface area is 199 Å². The van der Waals surface area contributed by atoms with E-state index in [-0.39, 0.29) is 11.1 Å². The molecule has 2 aliphatic rings. The van der Waals surface area contributed by atoms with Crippen molar-refractivity contribution in [2.45, 2.75) is 55.0 Å². The Morgan fingerprint density at radius 3 is 1.79 bits per heavy atom. The fourth-order valence-corrected chi connectivity index (χ4v) is 5.77. The molecule has 176 valence electrons. The minimum atomic E-state index is -1.26. The van der Waals surface area contributed by atoms with Crippen LogP contribution in [-0.4, -0.2) is 51.7 Å². The maximum atomic E-state index is 9.55. The highest BCUT2D eigenvalue weighted by molar-refractivity contribution is 7.99. The van der Waals surface area contributed by atoms with Crippen molar-refractivity contribution in [1.82, 2.24) is 4.90 Å². The van der Waals surface area contributed by atoms with Crippen LogP contribution >= 0.6 is 11.8 Å². The number of hydrogen-bond acceptors (Lipinski definition) is 5. The highest BCUT2D eigenvalue weighted by Crippen LogP contribution is 2.50. The van der Waals surface area contributed by atoms with E-state index in [0.29, 0.717) is 18.1 Å². The van der Waals surface area contributed by atoms with Crippen LogP contribution in [0.1, 0.15) is 34.1 Å². The number of para-hydroxylation sites is 2. The van der Waals surface area contributed by atoms with Crippen LogP contribution in [0, 0.1) is 5.92 Å². The third-order valence-corrected chi connectivity index (χ3v) is 7.95. The maximum absolute atomic E-state index is 9.55. The number of aliphatic carboxylic acids is 2. The summed E-state index contributed by atoms with van der Waals surface area (Å²) < 4.78 is 0. The zero-order valence-corrected chi connectivity index (χ0v) is 20.6. The first-order valence-corrected chi connectivity index (χ1v) is 11.8. The van der Waals surface area contributed by atoms with Gasteiger partial charge in [-0.1, -0.05) is 36.0 Å². The average molecular weight is 469 g/mol. The second kappa shape index (κ2) is 9.61. The Kier molecular flexibility index (Phi) is 7.24. The van der Waals surface area contributed by atoms with Gasteiger partial charge in [0.1, 0.15) is 0 Å². The van der Waals surface area contributed by atoms with Gasteiger partial charge in [-0.15, -0.1) is 0 Å². The summed E-state index contributed by atoms with van der Waals surface area (Å²) in [4.78, 5) is 27.0. The monoisotopic (exact) mass is 468 g/mol. The molecule has 0 amide bonds. The predicted molar refractivity (Wildman–Crippen MR) is 132 cm³/mol. The minimum Gasteiger partial charge on any atom is -0.478 e. The lowest BCUT2D eigenvalue weighted by Crippen LogP contribution is -2.48. The molecular weight excluding hydrogens is 436 g/mol. The van der Waals surface area contributed by atoms with E-state index in [4.69, 9.17) is 10.2 Å². The van der Waals surface area contributed by atoms with Gasteiger partial charge in [0.25, 0.3) is 0 Å². The van der Waals surface area contributed by atoms with E-state index in [2.05, 4.69) is 93.1 Å². The maximum Gasteiger partial charge on any atom is 0.328 e. The molecule has 2 heterocycles. The van der Waals surface area contributed by atoms with Crippen LogP contribution in [0.4, 0.5) is 11.4 Å². The molecule has 0 radical (unpaired) electrons. The van der Waals surface area contributed by atoms with E-state index in [9.17, 15) is 9.59 Å². The fourth-order valence-electron chi connectivity index (χ4n) is 4.67. The molecule has 2 aromatic rings. The summed E-state index contributed by atoms with van der Waals surface area (Å²) in [5.74, 6) is -1.89. The van der Waals surface area contributed by atoms with Crippen LogP contribution < -0.4 is 4.90 Å². The quantitative estimate of drug-likeness (QED) is 0.573. The average Bonchev–Trinajstić information content (AvgIpc) is 2.91. The molecule has 0 saturated carbocycles. The predicted octanol–water partition coefficient (Wildman–Crippen LogP) is 5.51. The molecule has 0 aromatic heterocycles. The number of likely N-dealkylation sites (tertiary alicyclic amines) is 1. The van der Waals surface area contributed by atoms with Crippen molar-refractivity contribution in [3.8, 4) is 0 Å². The van der Waals surface area contributed by atoms with Crippen molar-refractivity contribution in [2.24, 2.45) is 5.92 Å². The highest BCUT2D eigenvalue weighted by Gasteiger charge is 2.49. The van der Waals surface area contributed by atoms with Crippen molar-refractivity contribution >= 4 is 35.1 Å². The minimum absolute atomic E-state index is 0.192. The van der Waals surface area contributed by atoms with E-state index in [1.165, 1.54) is 27.6 Å². The molecule has 1 fully saturated rings. The lowest BCUT2D eigenvalue weighted by molar-refractivity contribution is -0.134. The molecule has 1 atom stereocenters. The molecule has 0 bridgehead atoms. The molecular formula is C26H32N2O4S. The normalized spacial score (nSPS) is 20.5. The van der Waals surface area contributed by atoms with Gasteiger partial charge in [0, 0.05) is 39.6 Å². The van der Waals surface area contributed by atoms with Crippen LogP contribution in [-0.2, 0) is 9.59 Å². The van der Waals surface area contributed by atoms with E-state index >= 15 is 0 Å². The number of carboxylic acid groups (broad SMARTS) is 2. The lowest BCUT2D eigenvalue weighted by Gasteiger charge is -2.41. The van der Waals surface area contributed by atoms with Gasteiger partial charge in [-0.3, -0.25) is 4.90 Å². The molecule has 6 nitrogen and oxygen atoms in total. The first kappa shape index (κ1) is 24.9. The Bertz CT molecular complexity index is 1000. The summed E-state index contributed by atoms with van der Waals surface area (Å²) >= 11 is 1.89. The van der Waals surface area contributed by atoms with Crippen molar-refractivity contribution in [3.63, 3.8) is 0 Å². The third-order valence-electron chi connectivity index (χ3n) is 6.82. The highest BCUT2D eigenvalue weighted by atomic mass is 32.2. The Morgan fingerprint density at radius 1 is 0.939 bits per heavy atom. The number of nitrogens with zero attached hydrogens (tertiary/aromatic N) is 2. The number of benzene rings is 2. The second-order valence-corrected chi connectivity index (χ2v) is 10.7. The Balaban J connectivity index is 0.000000331. The first-order chi connectivity index (χ1) is 15.4. The molecule has 1 saturated heterocycles. The number of fused-ring (bicyclic) bond motifs is 2. The van der Waals surface area contributed by atoms with Crippen LogP contribution in [0.3, 0.4) is 0 Å². The summed E-state index contributed by atoms with van der Waals surface area (Å²) in [6, 6.07) is 17.7. The van der Waals surface area contributed by atoms with Gasteiger partial charge in [0.2, 0.25) is 0 Å². The van der Waals surface area contributed by atoms with Gasteiger partial charge in [-0.2, -0.15) is 0 Å². The smallest absolute Gasteiger partial charge is 0.328 e. The summed E-state index contributed by atoms with van der Waals surface area (Å²) in [6.07, 6.45) is 2.34. The number of carboxylic acids is 2. The van der Waals surface area contributed by atoms with Crippen LogP contribution in [0.5, 0.6) is 0 Å². The molecule has 33 heavy (non-hydrogen) atoms. The zero-order chi connectivity index (χ0) is 24.4. The summed E-state index contributed by atoms with van der Waals surface area (Å²) in [5, 5.41) is 15.6. The van der Waals surface area contributed by atoms with Crippen molar-refractivity contribution in [1.29, 1.82) is 0 Å². The van der Waals surface area contributed by atoms with Crippen LogP contribution in [0.2, 0.25) is 0 Å². The number of hydrogen-bond donors (Lipinski definition) is 2.